The van der Waals surface area contributed by atoms with Gasteiger partial charge in [-0.3, -0.25) is 14.9 Å². The Morgan fingerprint density at radius 2 is 1.62 bits per heavy atom. The highest BCUT2D eigenvalue weighted by molar-refractivity contribution is 7.89. The first-order chi connectivity index (χ1) is 17.6. The van der Waals surface area contributed by atoms with E-state index < -0.39 is 20.9 Å². The van der Waals surface area contributed by atoms with Gasteiger partial charge in [0.2, 0.25) is 10.0 Å². The van der Waals surface area contributed by atoms with Crippen LogP contribution in [-0.4, -0.2) is 62.3 Å². The second-order valence-corrected chi connectivity index (χ2v) is 9.76. The molecule has 5 N–H and O–H groups in total. The number of thiocarbonyl (C=S) groups is 1. The Morgan fingerprint density at radius 3 is 2.14 bits per heavy atom. The summed E-state index contributed by atoms with van der Waals surface area (Å²) in [6, 6.07) is 9.74. The van der Waals surface area contributed by atoms with Crippen LogP contribution in [0, 0.1) is 10.1 Å². The van der Waals surface area contributed by atoms with Gasteiger partial charge in [0.15, 0.2) is 5.11 Å². The molecule has 0 aliphatic carbocycles. The van der Waals surface area contributed by atoms with E-state index in [0.29, 0.717) is 24.5 Å². The van der Waals surface area contributed by atoms with E-state index in [1.807, 2.05) is 13.8 Å². The lowest BCUT2D eigenvalue weighted by atomic mass is 10.1. The number of nitro benzene ring substituents is 1. The fraction of sp³-hybridized carbons (Fsp3) is 0.364. The SMILES string of the molecule is CC.NS(=O)(=O)c1ccc(NC(=S)NCCNC(=O)c2cc([N+](=O)[O-])ccc2N(CCCl)CCCl)cc1. The van der Waals surface area contributed by atoms with Crippen LogP contribution in [0.15, 0.2) is 47.4 Å². The summed E-state index contributed by atoms with van der Waals surface area (Å²) >= 11 is 16.9. The smallest absolute Gasteiger partial charge is 0.270 e. The zero-order valence-corrected chi connectivity index (χ0v) is 23.5. The van der Waals surface area contributed by atoms with Gasteiger partial charge in [0, 0.05) is 55.8 Å². The molecule has 0 saturated carbocycles. The summed E-state index contributed by atoms with van der Waals surface area (Å²) in [4.78, 5) is 25.2. The third-order valence-electron chi connectivity index (χ3n) is 4.62. The van der Waals surface area contributed by atoms with Crippen molar-refractivity contribution in [3.05, 3.63) is 58.1 Å². The van der Waals surface area contributed by atoms with Crippen LogP contribution in [0.2, 0.25) is 0 Å². The molecule has 2 aromatic carbocycles. The summed E-state index contributed by atoms with van der Waals surface area (Å²) in [6.45, 7) is 5.24. The van der Waals surface area contributed by atoms with E-state index in [1.165, 1.54) is 42.5 Å². The fourth-order valence-corrected chi connectivity index (χ4v) is 4.15. The molecule has 0 saturated heterocycles. The number of amides is 1. The number of benzene rings is 2. The molecule has 0 fully saturated rings. The van der Waals surface area contributed by atoms with Crippen LogP contribution in [0.3, 0.4) is 0 Å². The summed E-state index contributed by atoms with van der Waals surface area (Å²) in [5.41, 5.74) is 0.943. The number of rotatable bonds is 12. The van der Waals surface area contributed by atoms with Crippen molar-refractivity contribution in [1.82, 2.24) is 10.6 Å². The van der Waals surface area contributed by atoms with Gasteiger partial charge in [-0.1, -0.05) is 13.8 Å². The Kier molecular flexibility index (Phi) is 14.1. The molecule has 15 heteroatoms. The van der Waals surface area contributed by atoms with Gasteiger partial charge in [-0.25, -0.2) is 13.6 Å². The second-order valence-electron chi connectivity index (χ2n) is 7.03. The number of nitrogens with zero attached hydrogens (tertiary/aromatic N) is 2. The van der Waals surface area contributed by atoms with E-state index in [9.17, 15) is 23.3 Å². The highest BCUT2D eigenvalue weighted by atomic mass is 35.5. The van der Waals surface area contributed by atoms with Crippen molar-refractivity contribution in [2.24, 2.45) is 5.14 Å². The zero-order valence-electron chi connectivity index (χ0n) is 20.4. The molecule has 2 aromatic rings. The van der Waals surface area contributed by atoms with E-state index in [1.54, 1.807) is 4.90 Å². The number of alkyl halides is 2. The molecule has 204 valence electrons. The van der Waals surface area contributed by atoms with Gasteiger partial charge >= 0.3 is 0 Å². The summed E-state index contributed by atoms with van der Waals surface area (Å²) in [7, 11) is -3.79. The number of carbonyl (C=O) groups excluding carboxylic acids is 1. The zero-order chi connectivity index (χ0) is 28.0. The molecule has 0 aliphatic heterocycles. The third kappa shape index (κ3) is 10.7. The van der Waals surface area contributed by atoms with Crippen LogP contribution in [0.1, 0.15) is 24.2 Å². The molecule has 0 aromatic heterocycles. The standard InChI is InChI=1S/C20H24Cl2N6O5S2.C2H6/c21-7-11-27(12-8-22)18-6-3-15(28(30)31)13-17(18)19(29)24-9-10-25-20(34)26-14-1-4-16(5-2-14)35(23,32)33;1-2/h1-6,13H,7-12H2,(H,24,29)(H2,23,32,33)(H2,25,26,34);1-2H3. The minimum absolute atomic E-state index is 0.0270. The molecule has 0 bridgehead atoms. The van der Waals surface area contributed by atoms with Gasteiger partial charge in [0.05, 0.1) is 21.1 Å². The van der Waals surface area contributed by atoms with Crippen molar-refractivity contribution in [2.75, 3.05) is 48.2 Å². The van der Waals surface area contributed by atoms with Crippen molar-refractivity contribution in [2.45, 2.75) is 18.7 Å². The van der Waals surface area contributed by atoms with E-state index in [2.05, 4.69) is 16.0 Å². The highest BCUT2D eigenvalue weighted by Crippen LogP contribution is 2.26. The monoisotopic (exact) mass is 592 g/mol. The van der Waals surface area contributed by atoms with Gasteiger partial charge < -0.3 is 20.9 Å². The van der Waals surface area contributed by atoms with Crippen LogP contribution in [0.4, 0.5) is 17.1 Å². The van der Waals surface area contributed by atoms with Crippen LogP contribution < -0.4 is 26.0 Å². The number of sulfonamides is 1. The quantitative estimate of drug-likeness (QED) is 0.0952. The molecule has 1 amide bonds. The number of nitro groups is 1. The lowest BCUT2D eigenvalue weighted by Crippen LogP contribution is -2.37. The fourth-order valence-electron chi connectivity index (χ4n) is 3.00. The Morgan fingerprint density at radius 1 is 1.05 bits per heavy atom. The Bertz CT molecular complexity index is 1160. The largest absolute Gasteiger partial charge is 0.368 e. The van der Waals surface area contributed by atoms with Crippen molar-refractivity contribution in [3.63, 3.8) is 0 Å². The summed E-state index contributed by atoms with van der Waals surface area (Å²) in [5.74, 6) is 0.0689. The number of hydrogen-bond acceptors (Lipinski definition) is 7. The Labute approximate surface area is 231 Å². The molecule has 0 spiro atoms. The highest BCUT2D eigenvalue weighted by Gasteiger charge is 2.20. The number of anilines is 2. The molecule has 0 heterocycles. The minimum Gasteiger partial charge on any atom is -0.368 e. The molecule has 0 radical (unpaired) electrons. The molecular weight excluding hydrogens is 563 g/mol. The number of hydrogen-bond donors (Lipinski definition) is 4. The lowest BCUT2D eigenvalue weighted by molar-refractivity contribution is -0.384. The summed E-state index contributed by atoms with van der Waals surface area (Å²) in [5, 5.41) is 25.0. The summed E-state index contributed by atoms with van der Waals surface area (Å²) in [6.07, 6.45) is 0. The van der Waals surface area contributed by atoms with Crippen molar-refractivity contribution in [1.29, 1.82) is 0 Å². The van der Waals surface area contributed by atoms with Crippen LogP contribution in [-0.2, 0) is 10.0 Å². The van der Waals surface area contributed by atoms with Crippen LogP contribution in [0.25, 0.3) is 0 Å². The number of primary sulfonamides is 1. The Balaban J connectivity index is 0.00000334. The maximum Gasteiger partial charge on any atom is 0.270 e. The Hall–Kier alpha value is -2.71. The van der Waals surface area contributed by atoms with Crippen LogP contribution in [0.5, 0.6) is 0 Å². The van der Waals surface area contributed by atoms with Crippen molar-refractivity contribution in [3.8, 4) is 0 Å². The molecule has 37 heavy (non-hydrogen) atoms. The topological polar surface area (TPSA) is 160 Å². The maximum atomic E-state index is 12.8. The number of carbonyl (C=O) groups is 1. The normalized spacial score (nSPS) is 10.5. The number of non-ortho nitro benzene ring substituents is 1. The van der Waals surface area contributed by atoms with E-state index >= 15 is 0 Å². The molecule has 0 atom stereocenters. The first-order valence-electron chi connectivity index (χ1n) is 11.2. The second kappa shape index (κ2) is 16.2. The van der Waals surface area contributed by atoms with E-state index in [0.717, 1.165) is 0 Å². The molecule has 2 rings (SSSR count). The molecule has 11 nitrogen and oxygen atoms in total. The summed E-state index contributed by atoms with van der Waals surface area (Å²) < 4.78 is 22.6. The number of nitrogens with two attached hydrogens (primary N) is 1. The van der Waals surface area contributed by atoms with Gasteiger partial charge in [-0.05, 0) is 42.5 Å². The van der Waals surface area contributed by atoms with Gasteiger partial charge in [0.25, 0.3) is 11.6 Å². The molecular formula is C22H30Cl2N6O5S2. The first-order valence-corrected chi connectivity index (χ1v) is 14.2. The molecule has 0 unspecified atom stereocenters. The van der Waals surface area contributed by atoms with E-state index in [-0.39, 0.29) is 46.1 Å². The van der Waals surface area contributed by atoms with Crippen molar-refractivity contribution < 1.29 is 18.1 Å². The molecule has 0 aliphatic rings. The first kappa shape index (κ1) is 32.3. The predicted octanol–water partition coefficient (Wildman–Crippen LogP) is 3.27. The van der Waals surface area contributed by atoms with Crippen molar-refractivity contribution >= 4 is 73.5 Å². The van der Waals surface area contributed by atoms with Gasteiger partial charge in [0.1, 0.15) is 0 Å². The van der Waals surface area contributed by atoms with E-state index in [4.69, 9.17) is 40.6 Å². The third-order valence-corrected chi connectivity index (χ3v) is 6.14. The number of halogens is 2. The average molecular weight is 594 g/mol. The maximum absolute atomic E-state index is 12.8. The number of nitrogens with one attached hydrogen (secondary N) is 3. The van der Waals surface area contributed by atoms with Gasteiger partial charge in [-0.2, -0.15) is 0 Å². The van der Waals surface area contributed by atoms with Crippen LogP contribution >= 0.6 is 35.4 Å². The average Bonchev–Trinajstić information content (AvgIpc) is 2.87. The predicted molar refractivity (Wildman–Crippen MR) is 152 cm³/mol. The minimum atomic E-state index is -3.79. The van der Waals surface area contributed by atoms with Gasteiger partial charge in [-0.15, -0.1) is 23.2 Å². The lowest BCUT2D eigenvalue weighted by Gasteiger charge is -2.25.